The van der Waals surface area contributed by atoms with E-state index in [0.29, 0.717) is 0 Å². The Labute approximate surface area is 109 Å². The van der Waals surface area contributed by atoms with Gasteiger partial charge in [-0.05, 0) is 30.9 Å². The molecule has 0 saturated carbocycles. The summed E-state index contributed by atoms with van der Waals surface area (Å²) in [5.74, 6) is 0.802. The maximum Gasteiger partial charge on any atom is 0.346 e. The van der Waals surface area contributed by atoms with Crippen LogP contribution >= 0.6 is 11.8 Å². The lowest BCUT2D eigenvalue weighted by Crippen LogP contribution is -2.14. The Hall–Kier alpha value is -1.62. The Morgan fingerprint density at radius 2 is 2.33 bits per heavy atom. The van der Waals surface area contributed by atoms with E-state index in [1.165, 1.54) is 5.56 Å². The van der Waals surface area contributed by atoms with E-state index < -0.39 is 0 Å². The molecular formula is C13H13N3OS. The van der Waals surface area contributed by atoms with Gasteiger partial charge in [-0.3, -0.25) is 4.98 Å². The predicted molar refractivity (Wildman–Crippen MR) is 70.7 cm³/mol. The summed E-state index contributed by atoms with van der Waals surface area (Å²) in [5.41, 5.74) is 3.22. The molecule has 92 valence electrons. The second-order valence-electron chi connectivity index (χ2n) is 4.31. The molecule has 1 aliphatic carbocycles. The molecule has 1 aliphatic rings. The maximum absolute atomic E-state index is 11.5. The van der Waals surface area contributed by atoms with Crippen LogP contribution < -0.4 is 5.69 Å². The molecule has 0 amide bonds. The highest BCUT2D eigenvalue weighted by atomic mass is 32.2. The number of hydrogen-bond donors (Lipinski definition) is 1. The second kappa shape index (κ2) is 4.94. The summed E-state index contributed by atoms with van der Waals surface area (Å²) in [7, 11) is 0. The van der Waals surface area contributed by atoms with Crippen LogP contribution in [0.3, 0.4) is 0 Å². The molecular weight excluding hydrogens is 246 g/mol. The van der Waals surface area contributed by atoms with E-state index in [2.05, 4.69) is 15.0 Å². The van der Waals surface area contributed by atoms with Gasteiger partial charge in [0.05, 0.1) is 0 Å². The van der Waals surface area contributed by atoms with Gasteiger partial charge in [-0.15, -0.1) is 11.8 Å². The van der Waals surface area contributed by atoms with Crippen LogP contribution in [0.15, 0.2) is 34.3 Å². The molecule has 0 unspecified atom stereocenters. The molecule has 0 atom stereocenters. The summed E-state index contributed by atoms with van der Waals surface area (Å²) in [4.78, 5) is 22.5. The lowest BCUT2D eigenvalue weighted by Gasteiger charge is -2.06. The monoisotopic (exact) mass is 259 g/mol. The average molecular weight is 259 g/mol. The quantitative estimate of drug-likeness (QED) is 0.676. The molecule has 1 N–H and O–H groups in total. The Kier molecular flexibility index (Phi) is 3.15. The van der Waals surface area contributed by atoms with Crippen LogP contribution in [0.1, 0.15) is 23.2 Å². The van der Waals surface area contributed by atoms with Crippen LogP contribution in [-0.2, 0) is 18.6 Å². The van der Waals surface area contributed by atoms with Crippen molar-refractivity contribution in [3.05, 3.63) is 51.8 Å². The van der Waals surface area contributed by atoms with Crippen LogP contribution in [0.25, 0.3) is 0 Å². The zero-order chi connectivity index (χ0) is 12.4. The first-order valence-corrected chi connectivity index (χ1v) is 6.95. The molecule has 0 spiro atoms. The van der Waals surface area contributed by atoms with E-state index in [-0.39, 0.29) is 5.69 Å². The minimum absolute atomic E-state index is 0.232. The molecule has 2 aromatic heterocycles. The molecule has 0 saturated heterocycles. The van der Waals surface area contributed by atoms with Crippen molar-refractivity contribution in [3.8, 4) is 0 Å². The van der Waals surface area contributed by atoms with Crippen molar-refractivity contribution < 1.29 is 0 Å². The van der Waals surface area contributed by atoms with Gasteiger partial charge in [0.2, 0.25) is 0 Å². The highest BCUT2D eigenvalue weighted by Gasteiger charge is 2.17. The zero-order valence-corrected chi connectivity index (χ0v) is 10.7. The van der Waals surface area contributed by atoms with Crippen molar-refractivity contribution >= 4 is 11.8 Å². The van der Waals surface area contributed by atoms with E-state index in [9.17, 15) is 4.79 Å². The summed E-state index contributed by atoms with van der Waals surface area (Å²) in [6.45, 7) is 0. The normalized spacial score (nSPS) is 13.6. The lowest BCUT2D eigenvalue weighted by molar-refractivity contribution is 0.895. The molecule has 0 radical (unpaired) electrons. The molecule has 2 aromatic rings. The van der Waals surface area contributed by atoms with Crippen molar-refractivity contribution in [1.82, 2.24) is 15.0 Å². The first kappa shape index (κ1) is 11.5. The Morgan fingerprint density at radius 3 is 3.17 bits per heavy atom. The van der Waals surface area contributed by atoms with Crippen LogP contribution in [0.4, 0.5) is 0 Å². The number of rotatable bonds is 3. The maximum atomic E-state index is 11.5. The van der Waals surface area contributed by atoms with Gasteiger partial charge in [0.15, 0.2) is 0 Å². The summed E-state index contributed by atoms with van der Waals surface area (Å²) in [6.07, 6.45) is 6.71. The van der Waals surface area contributed by atoms with Gasteiger partial charge in [-0.1, -0.05) is 6.07 Å². The van der Waals surface area contributed by atoms with E-state index >= 15 is 0 Å². The minimum atomic E-state index is -0.232. The van der Waals surface area contributed by atoms with Gasteiger partial charge in [0, 0.05) is 29.4 Å². The second-order valence-corrected chi connectivity index (χ2v) is 5.27. The fraction of sp³-hybridized carbons (Fsp3) is 0.308. The van der Waals surface area contributed by atoms with Crippen LogP contribution in [0, 0.1) is 0 Å². The van der Waals surface area contributed by atoms with E-state index in [1.54, 1.807) is 18.0 Å². The Bertz CT molecular complexity index is 609. The van der Waals surface area contributed by atoms with E-state index in [4.69, 9.17) is 0 Å². The number of aryl methyl sites for hydroxylation is 1. The van der Waals surface area contributed by atoms with Gasteiger partial charge < -0.3 is 4.98 Å². The number of nitrogens with zero attached hydrogens (tertiary/aromatic N) is 2. The summed E-state index contributed by atoms with van der Waals surface area (Å²) >= 11 is 1.62. The van der Waals surface area contributed by atoms with E-state index in [1.807, 2.05) is 18.3 Å². The van der Waals surface area contributed by atoms with Crippen LogP contribution in [0.5, 0.6) is 0 Å². The third-order valence-corrected chi connectivity index (χ3v) is 4.12. The van der Waals surface area contributed by atoms with Gasteiger partial charge in [0.1, 0.15) is 5.03 Å². The summed E-state index contributed by atoms with van der Waals surface area (Å²) < 4.78 is 0. The molecule has 5 heteroatoms. The molecule has 0 fully saturated rings. The molecule has 18 heavy (non-hydrogen) atoms. The first-order valence-electron chi connectivity index (χ1n) is 5.97. The molecule has 0 aromatic carbocycles. The highest BCUT2D eigenvalue weighted by molar-refractivity contribution is 7.98. The average Bonchev–Trinajstić information content (AvgIpc) is 2.85. The number of pyridine rings is 1. The topological polar surface area (TPSA) is 58.6 Å². The van der Waals surface area contributed by atoms with Gasteiger partial charge in [-0.2, -0.15) is 4.98 Å². The first-order chi connectivity index (χ1) is 8.83. The third-order valence-electron chi connectivity index (χ3n) is 3.04. The Balaban J connectivity index is 1.83. The molecule has 0 bridgehead atoms. The molecule has 4 nitrogen and oxygen atoms in total. The minimum Gasteiger partial charge on any atom is -0.309 e. The zero-order valence-electron chi connectivity index (χ0n) is 9.85. The largest absolute Gasteiger partial charge is 0.346 e. The van der Waals surface area contributed by atoms with Gasteiger partial charge in [-0.25, -0.2) is 4.79 Å². The van der Waals surface area contributed by atoms with Crippen LogP contribution in [-0.4, -0.2) is 15.0 Å². The Morgan fingerprint density at radius 1 is 1.39 bits per heavy atom. The number of aromatic amines is 1. The molecule has 3 rings (SSSR count). The van der Waals surface area contributed by atoms with Gasteiger partial charge in [0.25, 0.3) is 0 Å². The fourth-order valence-electron chi connectivity index (χ4n) is 2.19. The number of nitrogens with one attached hydrogen (secondary N) is 1. The highest BCUT2D eigenvalue weighted by Crippen LogP contribution is 2.29. The third kappa shape index (κ3) is 2.31. The predicted octanol–water partition coefficient (Wildman–Crippen LogP) is 1.95. The molecule has 2 heterocycles. The number of aromatic nitrogens is 3. The fourth-order valence-corrected chi connectivity index (χ4v) is 3.21. The van der Waals surface area contributed by atoms with Crippen molar-refractivity contribution in [1.29, 1.82) is 0 Å². The van der Waals surface area contributed by atoms with Crippen LogP contribution in [0.2, 0.25) is 0 Å². The number of H-pyrrole nitrogens is 1. The number of hydrogen-bond acceptors (Lipinski definition) is 4. The van der Waals surface area contributed by atoms with Gasteiger partial charge >= 0.3 is 5.69 Å². The van der Waals surface area contributed by atoms with Crippen molar-refractivity contribution in [2.24, 2.45) is 0 Å². The van der Waals surface area contributed by atoms with Crippen molar-refractivity contribution in [2.75, 3.05) is 0 Å². The lowest BCUT2D eigenvalue weighted by atomic mass is 10.3. The van der Waals surface area contributed by atoms with Crippen molar-refractivity contribution in [3.63, 3.8) is 0 Å². The number of thioether (sulfide) groups is 1. The molecule has 0 aliphatic heterocycles. The number of fused-ring (bicyclic) bond motifs is 1. The van der Waals surface area contributed by atoms with E-state index in [0.717, 1.165) is 41.3 Å². The smallest absolute Gasteiger partial charge is 0.309 e. The standard InChI is InChI=1S/C13H13N3OS/c17-13-15-11-5-1-4-10(11)12(16-13)18-8-9-3-2-6-14-7-9/h2-3,6-7H,1,4-5,8H2,(H,15,16,17). The summed E-state index contributed by atoms with van der Waals surface area (Å²) in [5, 5.41) is 0.884. The van der Waals surface area contributed by atoms with Crippen molar-refractivity contribution in [2.45, 2.75) is 30.0 Å². The SMILES string of the molecule is O=c1nc(SCc2cccnc2)c2c([nH]1)CCC2. The summed E-state index contributed by atoms with van der Waals surface area (Å²) in [6, 6.07) is 3.96.